The highest BCUT2D eigenvalue weighted by molar-refractivity contribution is 6.05. The first kappa shape index (κ1) is 30.8. The maximum Gasteiger partial charge on any atom is 0.342 e. The minimum Gasteiger partial charge on any atom is -0.486 e. The molecule has 0 atom stereocenters. The summed E-state index contributed by atoms with van der Waals surface area (Å²) in [5.41, 5.74) is 4.98. The molecule has 0 unspecified atom stereocenters. The quantitative estimate of drug-likeness (QED) is 0.197. The van der Waals surface area contributed by atoms with Crippen molar-refractivity contribution >= 4 is 11.9 Å². The fourth-order valence-corrected chi connectivity index (χ4v) is 3.33. The Morgan fingerprint density at radius 1 is 0.694 bits per heavy atom. The van der Waals surface area contributed by atoms with Gasteiger partial charge in [-0.25, -0.2) is 9.59 Å². The standard InChI is InChI=1S/C30H42O6/c1-21(2)11-9-13-23(5)17-19-35-26-16-15-25(29(31)33-7)27(30(32)34-8)28(26)36-20-18-24(6)14-10-12-22(3)4/h11-12,15-18H,9-10,13-14,19-20H2,1-8H3/b23-17+,24-18+. The summed E-state index contributed by atoms with van der Waals surface area (Å²) >= 11 is 0. The summed E-state index contributed by atoms with van der Waals surface area (Å²) in [6.45, 7) is 12.9. The van der Waals surface area contributed by atoms with Crippen LogP contribution in [0.5, 0.6) is 11.5 Å². The van der Waals surface area contributed by atoms with Crippen LogP contribution < -0.4 is 9.47 Å². The van der Waals surface area contributed by atoms with E-state index >= 15 is 0 Å². The predicted octanol–water partition coefficient (Wildman–Crippen LogP) is 7.40. The zero-order valence-electron chi connectivity index (χ0n) is 23.2. The van der Waals surface area contributed by atoms with Crippen LogP contribution in [0.1, 0.15) is 87.9 Å². The number of ether oxygens (including phenoxy) is 4. The first-order chi connectivity index (χ1) is 17.1. The Morgan fingerprint density at radius 2 is 1.19 bits per heavy atom. The molecule has 0 amide bonds. The van der Waals surface area contributed by atoms with Crippen LogP contribution in [0.15, 0.2) is 58.7 Å². The number of hydrogen-bond donors (Lipinski definition) is 0. The maximum absolute atomic E-state index is 12.7. The highest BCUT2D eigenvalue weighted by atomic mass is 16.5. The zero-order chi connectivity index (χ0) is 27.1. The highest BCUT2D eigenvalue weighted by Crippen LogP contribution is 2.35. The average Bonchev–Trinajstić information content (AvgIpc) is 2.82. The Morgan fingerprint density at radius 3 is 1.67 bits per heavy atom. The second-order valence-electron chi connectivity index (χ2n) is 9.16. The van der Waals surface area contributed by atoms with E-state index in [1.165, 1.54) is 37.0 Å². The van der Waals surface area contributed by atoms with E-state index in [1.54, 1.807) is 6.07 Å². The molecule has 0 aromatic heterocycles. The molecule has 0 heterocycles. The fraction of sp³-hybridized carbons (Fsp3) is 0.467. The van der Waals surface area contributed by atoms with Gasteiger partial charge in [-0.15, -0.1) is 0 Å². The van der Waals surface area contributed by atoms with Crippen LogP contribution in [0.2, 0.25) is 0 Å². The van der Waals surface area contributed by atoms with E-state index < -0.39 is 11.9 Å². The van der Waals surface area contributed by atoms with Gasteiger partial charge in [-0.3, -0.25) is 0 Å². The molecule has 0 spiro atoms. The van der Waals surface area contributed by atoms with Gasteiger partial charge in [0.2, 0.25) is 0 Å². The van der Waals surface area contributed by atoms with Crippen molar-refractivity contribution < 1.29 is 28.5 Å². The van der Waals surface area contributed by atoms with Crippen LogP contribution in [-0.4, -0.2) is 39.4 Å². The van der Waals surface area contributed by atoms with Gasteiger partial charge in [-0.1, -0.05) is 34.4 Å². The number of methoxy groups -OCH3 is 2. The molecule has 36 heavy (non-hydrogen) atoms. The first-order valence-electron chi connectivity index (χ1n) is 12.3. The molecule has 198 valence electrons. The van der Waals surface area contributed by atoms with Gasteiger partial charge >= 0.3 is 11.9 Å². The monoisotopic (exact) mass is 498 g/mol. The van der Waals surface area contributed by atoms with Crippen molar-refractivity contribution in [2.75, 3.05) is 27.4 Å². The van der Waals surface area contributed by atoms with E-state index in [4.69, 9.17) is 18.9 Å². The van der Waals surface area contributed by atoms with Crippen molar-refractivity contribution in [2.45, 2.75) is 67.2 Å². The summed E-state index contributed by atoms with van der Waals surface area (Å²) < 4.78 is 21.8. The summed E-state index contributed by atoms with van der Waals surface area (Å²) in [5.74, 6) is -0.843. The average molecular weight is 499 g/mol. The van der Waals surface area contributed by atoms with Crippen LogP contribution in [0.4, 0.5) is 0 Å². The molecule has 0 radical (unpaired) electrons. The third-order valence-corrected chi connectivity index (χ3v) is 5.43. The normalized spacial score (nSPS) is 11.4. The zero-order valence-corrected chi connectivity index (χ0v) is 23.2. The van der Waals surface area contributed by atoms with E-state index in [2.05, 4.69) is 46.8 Å². The lowest BCUT2D eigenvalue weighted by atomic mass is 10.1. The molecule has 1 aromatic carbocycles. The number of carbonyl (C=O) groups excluding carboxylic acids is 2. The lowest BCUT2D eigenvalue weighted by molar-refractivity contribution is 0.0550. The Balaban J connectivity index is 3.20. The Labute approximate surface area is 216 Å². The van der Waals surface area contributed by atoms with Gasteiger partial charge in [0.15, 0.2) is 11.5 Å². The van der Waals surface area contributed by atoms with Crippen molar-refractivity contribution in [1.29, 1.82) is 0 Å². The lowest BCUT2D eigenvalue weighted by Crippen LogP contribution is -2.15. The van der Waals surface area contributed by atoms with E-state index in [-0.39, 0.29) is 23.5 Å². The predicted molar refractivity (Wildman–Crippen MR) is 145 cm³/mol. The number of rotatable bonds is 14. The number of carbonyl (C=O) groups is 2. The number of esters is 2. The molecule has 1 aromatic rings. The smallest absolute Gasteiger partial charge is 0.342 e. The van der Waals surface area contributed by atoms with Crippen LogP contribution >= 0.6 is 0 Å². The van der Waals surface area contributed by atoms with E-state index in [9.17, 15) is 9.59 Å². The summed E-state index contributed by atoms with van der Waals surface area (Å²) in [6, 6.07) is 3.11. The van der Waals surface area contributed by atoms with Crippen molar-refractivity contribution in [2.24, 2.45) is 0 Å². The van der Waals surface area contributed by atoms with Crippen LogP contribution in [-0.2, 0) is 9.47 Å². The molecule has 6 nitrogen and oxygen atoms in total. The van der Waals surface area contributed by atoms with Gasteiger partial charge in [0.1, 0.15) is 18.8 Å². The van der Waals surface area contributed by atoms with Gasteiger partial charge in [0, 0.05) is 0 Å². The molecule has 0 saturated carbocycles. The lowest BCUT2D eigenvalue weighted by Gasteiger charge is -2.17. The Hall–Kier alpha value is -3.28. The summed E-state index contributed by atoms with van der Waals surface area (Å²) in [4.78, 5) is 25.0. The SMILES string of the molecule is COC(=O)c1ccc(OC/C=C(\C)CCC=C(C)C)c(OC/C=C(\C)CCC=C(C)C)c1C(=O)OC. The molecule has 1 rings (SSSR count). The minimum atomic E-state index is -0.700. The van der Waals surface area contributed by atoms with Crippen LogP contribution in [0.3, 0.4) is 0 Å². The molecule has 0 bridgehead atoms. The third kappa shape index (κ3) is 11.0. The summed E-state index contributed by atoms with van der Waals surface area (Å²) in [6.07, 6.45) is 12.1. The molecular formula is C30H42O6. The van der Waals surface area contributed by atoms with Gasteiger partial charge < -0.3 is 18.9 Å². The second-order valence-corrected chi connectivity index (χ2v) is 9.16. The maximum atomic E-state index is 12.7. The number of benzene rings is 1. The van der Waals surface area contributed by atoms with Crippen molar-refractivity contribution in [3.8, 4) is 11.5 Å². The number of hydrogen-bond acceptors (Lipinski definition) is 6. The number of allylic oxidation sites excluding steroid dienone is 6. The van der Waals surface area contributed by atoms with Crippen LogP contribution in [0, 0.1) is 0 Å². The summed E-state index contributed by atoms with van der Waals surface area (Å²) in [5, 5.41) is 0. The second kappa shape index (κ2) is 16.4. The Kier molecular flexibility index (Phi) is 14.0. The molecule has 0 fully saturated rings. The third-order valence-electron chi connectivity index (χ3n) is 5.43. The molecule has 0 aliphatic carbocycles. The van der Waals surface area contributed by atoms with Gasteiger partial charge in [0.25, 0.3) is 0 Å². The topological polar surface area (TPSA) is 71.1 Å². The van der Waals surface area contributed by atoms with Crippen molar-refractivity contribution in [3.05, 3.63) is 69.9 Å². The van der Waals surface area contributed by atoms with Crippen molar-refractivity contribution in [3.63, 3.8) is 0 Å². The Bertz CT molecular complexity index is 1000. The molecule has 0 aliphatic rings. The molecule has 0 N–H and O–H groups in total. The molecular weight excluding hydrogens is 456 g/mol. The van der Waals surface area contributed by atoms with E-state index in [1.807, 2.05) is 19.1 Å². The highest BCUT2D eigenvalue weighted by Gasteiger charge is 2.27. The van der Waals surface area contributed by atoms with E-state index in [0.717, 1.165) is 31.3 Å². The van der Waals surface area contributed by atoms with Gasteiger partial charge in [-0.2, -0.15) is 0 Å². The fourth-order valence-electron chi connectivity index (χ4n) is 3.33. The largest absolute Gasteiger partial charge is 0.486 e. The molecule has 0 aliphatic heterocycles. The van der Waals surface area contributed by atoms with Gasteiger partial charge in [-0.05, 0) is 91.5 Å². The van der Waals surface area contributed by atoms with E-state index in [0.29, 0.717) is 12.4 Å². The molecule has 6 heteroatoms. The first-order valence-corrected chi connectivity index (χ1v) is 12.3. The molecule has 0 saturated heterocycles. The summed E-state index contributed by atoms with van der Waals surface area (Å²) in [7, 11) is 2.52. The minimum absolute atomic E-state index is 0.0123. The van der Waals surface area contributed by atoms with Crippen molar-refractivity contribution in [1.82, 2.24) is 0 Å². The van der Waals surface area contributed by atoms with Gasteiger partial charge in [0.05, 0.1) is 19.8 Å². The van der Waals surface area contributed by atoms with Crippen LogP contribution in [0.25, 0.3) is 0 Å².